The van der Waals surface area contributed by atoms with Gasteiger partial charge >= 0.3 is 0 Å². The van der Waals surface area contributed by atoms with E-state index in [1.165, 1.54) is 11.1 Å². The summed E-state index contributed by atoms with van der Waals surface area (Å²) in [7, 11) is -0.967. The standard InChI is InChI=1S/C38H41ClFN8O5P/c1-53-31-18-24(9-11-28(31)44-38-42-20-27(39)35(46-38)43-29-6-4-5-7-32(29)54(2,3)52)47-16-14-23(15-17-47)41-19-22-8-10-25-26(34(22)40)21-48(37(25)51)30-12-13-33(49)45-36(30)50/h4-11,18,20,23,30,41H,12-17,19,21H2,1-3H3,(H,45,49,50)(H2,42,43,44,46). The van der Waals surface area contributed by atoms with Crippen molar-refractivity contribution in [2.45, 2.75) is 50.9 Å². The van der Waals surface area contributed by atoms with E-state index >= 15 is 4.39 Å². The average Bonchev–Trinajstić information content (AvgIpc) is 3.49. The summed E-state index contributed by atoms with van der Waals surface area (Å²) in [6, 6.07) is 15.9. The van der Waals surface area contributed by atoms with Gasteiger partial charge in [0.1, 0.15) is 29.8 Å². The molecule has 282 valence electrons. The lowest BCUT2D eigenvalue weighted by atomic mass is 10.0. The summed E-state index contributed by atoms with van der Waals surface area (Å²) in [6.45, 7) is 5.27. The van der Waals surface area contributed by atoms with Gasteiger partial charge in [0, 0.05) is 65.8 Å². The molecule has 13 nitrogen and oxygen atoms in total. The van der Waals surface area contributed by atoms with Gasteiger partial charge in [0.25, 0.3) is 5.91 Å². The van der Waals surface area contributed by atoms with Crippen LogP contribution in [0.1, 0.15) is 47.2 Å². The van der Waals surface area contributed by atoms with E-state index < -0.39 is 30.8 Å². The van der Waals surface area contributed by atoms with Gasteiger partial charge in [-0.05, 0) is 62.9 Å². The van der Waals surface area contributed by atoms with Crippen molar-refractivity contribution in [3.05, 3.63) is 88.3 Å². The lowest BCUT2D eigenvalue weighted by Crippen LogP contribution is -2.52. The summed E-state index contributed by atoms with van der Waals surface area (Å²) in [5.41, 5.74) is 3.33. The van der Waals surface area contributed by atoms with Crippen LogP contribution >= 0.6 is 18.7 Å². The first-order chi connectivity index (χ1) is 25.9. The van der Waals surface area contributed by atoms with Gasteiger partial charge in [0.05, 0.1) is 31.2 Å². The fourth-order valence-corrected chi connectivity index (χ4v) is 8.47. The number of benzene rings is 3. The maximum atomic E-state index is 15.7. The molecular weight excluding hydrogens is 734 g/mol. The molecule has 0 spiro atoms. The number of carbonyl (C=O) groups is 3. The quantitative estimate of drug-likeness (QED) is 0.112. The molecular formula is C38H41ClFN8O5P. The van der Waals surface area contributed by atoms with E-state index in [1.54, 1.807) is 32.6 Å². The molecule has 3 aliphatic rings. The molecule has 4 aromatic rings. The Labute approximate surface area is 317 Å². The van der Waals surface area contributed by atoms with E-state index in [2.05, 4.69) is 36.1 Å². The Kier molecular flexibility index (Phi) is 10.6. The van der Waals surface area contributed by atoms with Crippen LogP contribution in [0.2, 0.25) is 5.02 Å². The topological polar surface area (TPSA) is 158 Å². The molecule has 1 unspecified atom stereocenters. The third-order valence-corrected chi connectivity index (χ3v) is 11.9. The highest BCUT2D eigenvalue weighted by molar-refractivity contribution is 7.70. The number of halogens is 2. The lowest BCUT2D eigenvalue weighted by molar-refractivity contribution is -0.136. The van der Waals surface area contributed by atoms with Gasteiger partial charge in [-0.25, -0.2) is 9.37 Å². The Morgan fingerprint density at radius 2 is 1.80 bits per heavy atom. The second-order valence-corrected chi connectivity index (χ2v) is 17.6. The van der Waals surface area contributed by atoms with Crippen LogP contribution < -0.4 is 36.2 Å². The summed E-state index contributed by atoms with van der Waals surface area (Å²) in [6.07, 6.45) is 3.53. The molecule has 3 aliphatic heterocycles. The number of hydrogen-bond acceptors (Lipinski definition) is 11. The Morgan fingerprint density at radius 1 is 1.02 bits per heavy atom. The summed E-state index contributed by atoms with van der Waals surface area (Å²) in [4.78, 5) is 49.6. The number of rotatable bonds is 11. The zero-order valence-corrected chi connectivity index (χ0v) is 31.8. The van der Waals surface area contributed by atoms with E-state index in [1.807, 2.05) is 42.5 Å². The van der Waals surface area contributed by atoms with Crippen LogP contribution in [-0.2, 0) is 27.2 Å². The largest absolute Gasteiger partial charge is 0.494 e. The Bertz CT molecular complexity index is 2180. The van der Waals surface area contributed by atoms with Crippen molar-refractivity contribution in [1.29, 1.82) is 0 Å². The summed E-state index contributed by atoms with van der Waals surface area (Å²) >= 11 is 6.44. The maximum absolute atomic E-state index is 15.7. The van der Waals surface area contributed by atoms with Gasteiger partial charge in [-0.15, -0.1) is 0 Å². The molecule has 4 N–H and O–H groups in total. The van der Waals surface area contributed by atoms with E-state index in [4.69, 9.17) is 16.3 Å². The molecule has 4 heterocycles. The van der Waals surface area contributed by atoms with Gasteiger partial charge in [0.2, 0.25) is 17.8 Å². The lowest BCUT2D eigenvalue weighted by Gasteiger charge is -2.34. The van der Waals surface area contributed by atoms with Crippen LogP contribution in [0.4, 0.5) is 33.2 Å². The normalized spacial score (nSPS) is 17.7. The molecule has 54 heavy (non-hydrogen) atoms. The molecule has 1 aromatic heterocycles. The zero-order valence-electron chi connectivity index (χ0n) is 30.1. The van der Waals surface area contributed by atoms with Gasteiger partial charge in [-0.1, -0.05) is 29.8 Å². The van der Waals surface area contributed by atoms with Crippen molar-refractivity contribution in [3.8, 4) is 5.75 Å². The molecule has 16 heteroatoms. The van der Waals surface area contributed by atoms with Crippen molar-refractivity contribution in [2.24, 2.45) is 0 Å². The number of carbonyl (C=O) groups excluding carboxylic acids is 3. The first-order valence-corrected chi connectivity index (χ1v) is 20.7. The first kappa shape index (κ1) is 37.3. The van der Waals surface area contributed by atoms with Crippen LogP contribution in [-0.4, -0.2) is 78.2 Å². The van der Waals surface area contributed by atoms with Crippen LogP contribution in [0, 0.1) is 5.82 Å². The predicted octanol–water partition coefficient (Wildman–Crippen LogP) is 5.53. The van der Waals surface area contributed by atoms with Crippen molar-refractivity contribution in [2.75, 3.05) is 49.1 Å². The van der Waals surface area contributed by atoms with Crippen LogP contribution in [0.25, 0.3) is 0 Å². The van der Waals surface area contributed by atoms with E-state index in [9.17, 15) is 18.9 Å². The molecule has 3 amide bonds. The minimum Gasteiger partial charge on any atom is -0.494 e. The Hall–Kier alpha value is -5.04. The summed E-state index contributed by atoms with van der Waals surface area (Å²) in [5, 5.41) is 13.2. The highest BCUT2D eigenvalue weighted by Crippen LogP contribution is 2.39. The molecule has 0 saturated carbocycles. The fraction of sp³-hybridized carbons (Fsp3) is 0.342. The number of amides is 3. The number of hydrogen-bond donors (Lipinski definition) is 4. The number of aromatic nitrogens is 2. The number of nitrogens with one attached hydrogen (secondary N) is 4. The van der Waals surface area contributed by atoms with E-state index in [0.717, 1.165) is 31.6 Å². The second kappa shape index (κ2) is 15.4. The number of piperidine rings is 2. The number of imide groups is 1. The molecule has 2 saturated heterocycles. The molecule has 7 rings (SSSR count). The van der Waals surface area contributed by atoms with Gasteiger partial charge < -0.3 is 35.1 Å². The SMILES string of the molecule is COc1cc(N2CCC(NCc3ccc4c(c3F)CN(C3CCC(=O)NC3=O)C4=O)CC2)ccc1Nc1ncc(Cl)c(Nc2ccccc2P(C)(C)=O)n1. The third kappa shape index (κ3) is 7.77. The van der Waals surface area contributed by atoms with Crippen molar-refractivity contribution < 1.29 is 28.1 Å². The van der Waals surface area contributed by atoms with E-state index in [-0.39, 0.29) is 42.5 Å². The first-order valence-electron chi connectivity index (χ1n) is 17.7. The molecule has 3 aromatic carbocycles. The van der Waals surface area contributed by atoms with Crippen LogP contribution in [0.5, 0.6) is 5.75 Å². The average molecular weight is 775 g/mol. The van der Waals surface area contributed by atoms with Crippen LogP contribution in [0.3, 0.4) is 0 Å². The number of anilines is 5. The molecule has 0 aliphatic carbocycles. The fourth-order valence-electron chi connectivity index (χ4n) is 7.18. The smallest absolute Gasteiger partial charge is 0.255 e. The third-order valence-electron chi connectivity index (χ3n) is 10.1. The minimum atomic E-state index is -2.57. The minimum absolute atomic E-state index is 0.000667. The molecule has 1 atom stereocenters. The van der Waals surface area contributed by atoms with Crippen molar-refractivity contribution in [1.82, 2.24) is 25.5 Å². The highest BCUT2D eigenvalue weighted by atomic mass is 35.5. The Morgan fingerprint density at radius 3 is 2.54 bits per heavy atom. The van der Waals surface area contributed by atoms with E-state index in [0.29, 0.717) is 51.3 Å². The monoisotopic (exact) mass is 774 g/mol. The van der Waals surface area contributed by atoms with Gasteiger partial charge in [-0.2, -0.15) is 4.98 Å². The number of methoxy groups -OCH3 is 1. The number of para-hydroxylation sites is 1. The van der Waals surface area contributed by atoms with Crippen molar-refractivity contribution >= 4 is 70.6 Å². The van der Waals surface area contributed by atoms with Gasteiger partial charge in [0.15, 0.2) is 5.82 Å². The Balaban J connectivity index is 0.951. The molecule has 2 fully saturated rings. The highest BCUT2D eigenvalue weighted by Gasteiger charge is 2.40. The molecule has 0 bridgehead atoms. The maximum Gasteiger partial charge on any atom is 0.255 e. The number of fused-ring (bicyclic) bond motifs is 1. The number of ether oxygens (including phenoxy) is 1. The predicted molar refractivity (Wildman–Crippen MR) is 207 cm³/mol. The van der Waals surface area contributed by atoms with Crippen LogP contribution in [0.15, 0.2) is 60.8 Å². The summed E-state index contributed by atoms with van der Waals surface area (Å²) in [5.74, 6) is -0.446. The second-order valence-electron chi connectivity index (χ2n) is 14.0. The number of nitrogens with zero attached hydrogens (tertiary/aromatic N) is 4. The summed E-state index contributed by atoms with van der Waals surface area (Å²) < 4.78 is 34.3. The molecule has 0 radical (unpaired) electrons. The van der Waals surface area contributed by atoms with Gasteiger partial charge in [-0.3, -0.25) is 19.7 Å². The van der Waals surface area contributed by atoms with Crippen molar-refractivity contribution in [3.63, 3.8) is 0 Å². The zero-order chi connectivity index (χ0) is 38.1.